The van der Waals surface area contributed by atoms with Gasteiger partial charge in [0.25, 0.3) is 0 Å². The highest BCUT2D eigenvalue weighted by Gasteiger charge is 2.22. The van der Waals surface area contributed by atoms with Gasteiger partial charge >= 0.3 is 0 Å². The van der Waals surface area contributed by atoms with Gasteiger partial charge in [0, 0.05) is 11.8 Å². The smallest absolute Gasteiger partial charge is 0.238 e. The van der Waals surface area contributed by atoms with E-state index in [4.69, 9.17) is 16.0 Å². The number of aromatic nitrogens is 4. The van der Waals surface area contributed by atoms with Crippen LogP contribution in [0.4, 0.5) is 5.82 Å². The van der Waals surface area contributed by atoms with Crippen LogP contribution in [0.3, 0.4) is 0 Å². The summed E-state index contributed by atoms with van der Waals surface area (Å²) in [6.07, 6.45) is 3.13. The Labute approximate surface area is 208 Å². The van der Waals surface area contributed by atoms with Crippen molar-refractivity contribution >= 4 is 35.1 Å². The third-order valence-corrected chi connectivity index (χ3v) is 6.55. The van der Waals surface area contributed by atoms with Crippen molar-refractivity contribution in [3.8, 4) is 11.4 Å². The van der Waals surface area contributed by atoms with E-state index in [0.717, 1.165) is 11.3 Å². The van der Waals surface area contributed by atoms with Gasteiger partial charge in [-0.1, -0.05) is 68.4 Å². The molecular weight excluding hydrogens is 470 g/mol. The highest BCUT2D eigenvalue weighted by molar-refractivity contribution is 8.00. The molecule has 4 aromatic rings. The summed E-state index contributed by atoms with van der Waals surface area (Å²) < 4.78 is 7.55. The number of carbonyl (C=O) groups excluding carboxylic acids is 1. The fourth-order valence-electron chi connectivity index (χ4n) is 3.30. The number of thioether (sulfide) groups is 1. The number of pyridine rings is 1. The molecule has 1 amide bonds. The van der Waals surface area contributed by atoms with Crippen molar-refractivity contribution < 1.29 is 9.21 Å². The molecule has 4 rings (SSSR count). The average Bonchev–Trinajstić information content (AvgIpc) is 3.45. The largest absolute Gasteiger partial charge is 0.467 e. The highest BCUT2D eigenvalue weighted by Crippen LogP contribution is 2.30. The second kappa shape index (κ2) is 10.0. The summed E-state index contributed by atoms with van der Waals surface area (Å²) in [5.41, 5.74) is 2.24. The molecule has 0 aliphatic carbocycles. The molecule has 0 aliphatic heterocycles. The highest BCUT2D eigenvalue weighted by atomic mass is 35.5. The van der Waals surface area contributed by atoms with Gasteiger partial charge in [-0.25, -0.2) is 4.98 Å². The Morgan fingerprint density at radius 3 is 2.53 bits per heavy atom. The van der Waals surface area contributed by atoms with Gasteiger partial charge in [-0.2, -0.15) is 0 Å². The van der Waals surface area contributed by atoms with E-state index < -0.39 is 5.25 Å². The van der Waals surface area contributed by atoms with Crippen LogP contribution < -0.4 is 5.32 Å². The number of amides is 1. The number of halogens is 1. The number of nitrogens with one attached hydrogen (secondary N) is 1. The third kappa shape index (κ3) is 5.69. The second-order valence-electron chi connectivity index (χ2n) is 8.91. The molecule has 176 valence electrons. The molecule has 0 fully saturated rings. The molecule has 0 aliphatic rings. The maximum absolute atomic E-state index is 12.8. The van der Waals surface area contributed by atoms with E-state index in [2.05, 4.69) is 65.5 Å². The molecule has 9 heteroatoms. The number of rotatable bonds is 7. The molecule has 7 nitrogen and oxygen atoms in total. The van der Waals surface area contributed by atoms with Crippen LogP contribution in [0.15, 0.2) is 70.6 Å². The van der Waals surface area contributed by atoms with Crippen molar-refractivity contribution in [2.75, 3.05) is 5.32 Å². The first kappa shape index (κ1) is 24.0. The summed E-state index contributed by atoms with van der Waals surface area (Å²) in [4.78, 5) is 16.9. The zero-order chi connectivity index (χ0) is 24.3. The van der Waals surface area contributed by atoms with E-state index in [0.29, 0.717) is 28.4 Å². The summed E-state index contributed by atoms with van der Waals surface area (Å²) >= 11 is 7.20. The number of hydrogen-bond donors (Lipinski definition) is 1. The Morgan fingerprint density at radius 1 is 1.15 bits per heavy atom. The summed E-state index contributed by atoms with van der Waals surface area (Å²) in [7, 11) is 0. The van der Waals surface area contributed by atoms with Crippen LogP contribution in [0.2, 0.25) is 5.02 Å². The average molecular weight is 496 g/mol. The normalized spacial score (nSPS) is 12.5. The Hall–Kier alpha value is -3.10. The topological polar surface area (TPSA) is 85.8 Å². The number of nitrogens with zero attached hydrogens (tertiary/aromatic N) is 4. The van der Waals surface area contributed by atoms with Gasteiger partial charge in [-0.3, -0.25) is 9.36 Å². The molecule has 1 N–H and O–H groups in total. The van der Waals surface area contributed by atoms with E-state index in [1.807, 2.05) is 23.6 Å². The lowest BCUT2D eigenvalue weighted by molar-refractivity contribution is -0.115. The van der Waals surface area contributed by atoms with Gasteiger partial charge in [-0.15, -0.1) is 10.2 Å². The van der Waals surface area contributed by atoms with Gasteiger partial charge in [0.2, 0.25) is 5.91 Å². The van der Waals surface area contributed by atoms with Crippen LogP contribution in [0.25, 0.3) is 11.4 Å². The zero-order valence-electron chi connectivity index (χ0n) is 19.4. The second-order valence-corrected chi connectivity index (χ2v) is 10.7. The predicted octanol–water partition coefficient (Wildman–Crippen LogP) is 6.05. The van der Waals surface area contributed by atoms with Gasteiger partial charge in [-0.05, 0) is 42.2 Å². The van der Waals surface area contributed by atoms with Crippen LogP contribution in [-0.2, 0) is 16.8 Å². The van der Waals surface area contributed by atoms with E-state index in [9.17, 15) is 4.79 Å². The number of hydrogen-bond acceptors (Lipinski definition) is 6. The summed E-state index contributed by atoms with van der Waals surface area (Å²) in [6.45, 7) is 8.82. The zero-order valence-corrected chi connectivity index (χ0v) is 21.0. The maximum Gasteiger partial charge on any atom is 0.238 e. The lowest BCUT2D eigenvalue weighted by Crippen LogP contribution is -2.23. The predicted molar refractivity (Wildman–Crippen MR) is 135 cm³/mol. The molecule has 0 bridgehead atoms. The van der Waals surface area contributed by atoms with Gasteiger partial charge in [0.05, 0.1) is 23.1 Å². The van der Waals surface area contributed by atoms with E-state index in [-0.39, 0.29) is 11.3 Å². The lowest BCUT2D eigenvalue weighted by atomic mass is 9.87. The molecule has 0 radical (unpaired) electrons. The minimum Gasteiger partial charge on any atom is -0.467 e. The summed E-state index contributed by atoms with van der Waals surface area (Å²) in [5.74, 6) is 1.74. The van der Waals surface area contributed by atoms with E-state index in [1.165, 1.54) is 23.5 Å². The van der Waals surface area contributed by atoms with E-state index in [1.54, 1.807) is 18.4 Å². The molecule has 0 spiro atoms. The van der Waals surface area contributed by atoms with Crippen molar-refractivity contribution in [1.82, 2.24) is 19.7 Å². The monoisotopic (exact) mass is 495 g/mol. The van der Waals surface area contributed by atoms with Crippen LogP contribution in [0.5, 0.6) is 0 Å². The number of anilines is 1. The minimum atomic E-state index is -0.437. The van der Waals surface area contributed by atoms with Crippen LogP contribution in [0, 0.1) is 0 Å². The molecular formula is C25H26ClN5O2S. The number of carbonyl (C=O) groups is 1. The summed E-state index contributed by atoms with van der Waals surface area (Å²) in [6, 6.07) is 15.4. The van der Waals surface area contributed by atoms with Crippen LogP contribution >= 0.6 is 23.4 Å². The third-order valence-electron chi connectivity index (χ3n) is 5.25. The molecule has 34 heavy (non-hydrogen) atoms. The molecule has 3 aromatic heterocycles. The molecule has 1 unspecified atom stereocenters. The Kier molecular flexibility index (Phi) is 7.09. The van der Waals surface area contributed by atoms with Crippen LogP contribution in [-0.4, -0.2) is 30.9 Å². The molecule has 0 saturated heterocycles. The first-order valence-corrected chi connectivity index (χ1v) is 12.1. The number of furan rings is 1. The van der Waals surface area contributed by atoms with Crippen LogP contribution in [0.1, 0.15) is 39.0 Å². The van der Waals surface area contributed by atoms with Gasteiger partial charge < -0.3 is 9.73 Å². The summed E-state index contributed by atoms with van der Waals surface area (Å²) in [5, 5.41) is 12.4. The fraction of sp³-hybridized carbons (Fsp3) is 0.280. The van der Waals surface area contributed by atoms with Gasteiger partial charge in [0.15, 0.2) is 11.0 Å². The van der Waals surface area contributed by atoms with Crippen molar-refractivity contribution in [2.24, 2.45) is 0 Å². The first-order chi connectivity index (χ1) is 16.2. The lowest BCUT2D eigenvalue weighted by Gasteiger charge is -2.19. The quantitative estimate of drug-likeness (QED) is 0.314. The molecule has 0 saturated carbocycles. The maximum atomic E-state index is 12.8. The van der Waals surface area contributed by atoms with Gasteiger partial charge in [0.1, 0.15) is 11.6 Å². The standard InChI is InChI=1S/C25H26ClN5O2S/c1-16(23(32)28-21-12-11-19(26)14-27-21)34-24-30-29-22(31(24)15-20-6-5-13-33-20)17-7-9-18(10-8-17)25(2,3)4/h5-14,16H,15H2,1-4H3,(H,27,28,32). The van der Waals surface area contributed by atoms with Crippen molar-refractivity contribution in [2.45, 2.75) is 50.1 Å². The molecule has 1 aromatic carbocycles. The Balaban J connectivity index is 1.58. The first-order valence-electron chi connectivity index (χ1n) is 10.9. The molecule has 3 heterocycles. The SMILES string of the molecule is CC(Sc1nnc(-c2ccc(C(C)(C)C)cc2)n1Cc1ccco1)C(=O)Nc1ccc(Cl)cn1. The Morgan fingerprint density at radius 2 is 1.91 bits per heavy atom. The van der Waals surface area contributed by atoms with Crippen molar-refractivity contribution in [3.63, 3.8) is 0 Å². The Bertz CT molecular complexity index is 1250. The van der Waals surface area contributed by atoms with Crippen molar-refractivity contribution in [1.29, 1.82) is 0 Å². The van der Waals surface area contributed by atoms with Crippen molar-refractivity contribution in [3.05, 3.63) is 77.3 Å². The minimum absolute atomic E-state index is 0.0587. The molecule has 1 atom stereocenters. The van der Waals surface area contributed by atoms with E-state index >= 15 is 0 Å². The number of benzene rings is 1. The fourth-order valence-corrected chi connectivity index (χ4v) is 4.26.